The summed E-state index contributed by atoms with van der Waals surface area (Å²) in [5.74, 6) is 0.940. The normalized spacial score (nSPS) is 18.8. The van der Waals surface area contributed by atoms with Gasteiger partial charge in [0.25, 0.3) is 0 Å². The van der Waals surface area contributed by atoms with Crippen LogP contribution in [0.25, 0.3) is 0 Å². The standard InChI is InChI=1S/C14H21BO3/c1-10-6-12(7-11(2)13(10)16-5)15-17-8-14(3,4)9-18-15/h6-7H,8-9H2,1-5H3. The predicted octanol–water partition coefficient (Wildman–Crippen LogP) is 2.08. The number of hydrogen-bond acceptors (Lipinski definition) is 3. The van der Waals surface area contributed by atoms with Crippen molar-refractivity contribution in [3.8, 4) is 5.75 Å². The molecule has 2 rings (SSSR count). The first-order valence-electron chi connectivity index (χ1n) is 6.31. The van der Waals surface area contributed by atoms with Crippen LogP contribution in [-0.4, -0.2) is 27.4 Å². The zero-order valence-electron chi connectivity index (χ0n) is 11.9. The number of rotatable bonds is 2. The van der Waals surface area contributed by atoms with Gasteiger partial charge in [-0.2, -0.15) is 0 Å². The maximum Gasteiger partial charge on any atom is 0.493 e. The third-order valence-corrected chi connectivity index (χ3v) is 3.21. The molecule has 98 valence electrons. The summed E-state index contributed by atoms with van der Waals surface area (Å²) in [4.78, 5) is 0. The van der Waals surface area contributed by atoms with Gasteiger partial charge in [-0.3, -0.25) is 0 Å². The third kappa shape index (κ3) is 2.70. The highest BCUT2D eigenvalue weighted by Crippen LogP contribution is 2.24. The van der Waals surface area contributed by atoms with Crippen LogP contribution in [0.2, 0.25) is 0 Å². The molecule has 0 saturated carbocycles. The molecule has 1 aromatic carbocycles. The van der Waals surface area contributed by atoms with Crippen LogP contribution in [0.5, 0.6) is 5.75 Å². The Labute approximate surface area is 110 Å². The van der Waals surface area contributed by atoms with Gasteiger partial charge in [-0.05, 0) is 30.4 Å². The van der Waals surface area contributed by atoms with E-state index in [1.807, 2.05) is 13.8 Å². The first-order chi connectivity index (χ1) is 8.43. The largest absolute Gasteiger partial charge is 0.496 e. The Kier molecular flexibility index (Phi) is 3.69. The molecule has 18 heavy (non-hydrogen) atoms. The van der Waals surface area contributed by atoms with Gasteiger partial charge in [-0.25, -0.2) is 0 Å². The molecule has 0 unspecified atom stereocenters. The molecular weight excluding hydrogens is 227 g/mol. The van der Waals surface area contributed by atoms with Crippen LogP contribution >= 0.6 is 0 Å². The maximum absolute atomic E-state index is 5.80. The number of benzene rings is 1. The van der Waals surface area contributed by atoms with Crippen molar-refractivity contribution >= 4 is 12.6 Å². The molecule has 1 saturated heterocycles. The smallest absolute Gasteiger partial charge is 0.493 e. The van der Waals surface area contributed by atoms with E-state index >= 15 is 0 Å². The van der Waals surface area contributed by atoms with Gasteiger partial charge in [-0.15, -0.1) is 0 Å². The van der Waals surface area contributed by atoms with E-state index in [4.69, 9.17) is 14.0 Å². The van der Waals surface area contributed by atoms with Gasteiger partial charge in [0.1, 0.15) is 5.75 Å². The van der Waals surface area contributed by atoms with E-state index in [9.17, 15) is 0 Å². The minimum absolute atomic E-state index is 0.104. The predicted molar refractivity (Wildman–Crippen MR) is 73.5 cm³/mol. The summed E-state index contributed by atoms with van der Waals surface area (Å²) in [7, 11) is 1.45. The summed E-state index contributed by atoms with van der Waals surface area (Å²) in [6.07, 6.45) is 0. The number of aryl methyl sites for hydroxylation is 2. The van der Waals surface area contributed by atoms with E-state index in [1.165, 1.54) is 0 Å². The molecule has 0 aromatic heterocycles. The fraction of sp³-hybridized carbons (Fsp3) is 0.571. The Morgan fingerprint density at radius 1 is 1.11 bits per heavy atom. The van der Waals surface area contributed by atoms with Gasteiger partial charge in [0.15, 0.2) is 0 Å². The first kappa shape index (κ1) is 13.4. The zero-order chi connectivity index (χ0) is 13.3. The van der Waals surface area contributed by atoms with Crippen molar-refractivity contribution in [2.75, 3.05) is 20.3 Å². The van der Waals surface area contributed by atoms with E-state index < -0.39 is 0 Å². The van der Waals surface area contributed by atoms with Crippen molar-refractivity contribution in [2.24, 2.45) is 5.41 Å². The highest BCUT2D eigenvalue weighted by Gasteiger charge is 2.33. The summed E-state index contributed by atoms with van der Waals surface area (Å²) >= 11 is 0. The second-order valence-electron chi connectivity index (χ2n) is 5.81. The molecule has 1 aliphatic heterocycles. The highest BCUT2D eigenvalue weighted by molar-refractivity contribution is 6.61. The summed E-state index contributed by atoms with van der Waals surface area (Å²) in [6.45, 7) is 9.83. The van der Waals surface area contributed by atoms with Crippen LogP contribution in [0.1, 0.15) is 25.0 Å². The van der Waals surface area contributed by atoms with Gasteiger partial charge >= 0.3 is 7.12 Å². The Balaban J connectivity index is 2.20. The number of hydrogen-bond donors (Lipinski definition) is 0. The fourth-order valence-corrected chi connectivity index (χ4v) is 2.33. The van der Waals surface area contributed by atoms with Crippen molar-refractivity contribution in [3.63, 3.8) is 0 Å². The lowest BCUT2D eigenvalue weighted by Crippen LogP contribution is -2.47. The van der Waals surface area contributed by atoms with Crippen molar-refractivity contribution in [1.29, 1.82) is 0 Å². The molecule has 4 heteroatoms. The van der Waals surface area contributed by atoms with Crippen molar-refractivity contribution in [2.45, 2.75) is 27.7 Å². The highest BCUT2D eigenvalue weighted by atomic mass is 16.6. The van der Waals surface area contributed by atoms with Crippen LogP contribution in [0, 0.1) is 19.3 Å². The zero-order valence-corrected chi connectivity index (χ0v) is 11.9. The van der Waals surface area contributed by atoms with E-state index in [0.29, 0.717) is 0 Å². The molecule has 3 nitrogen and oxygen atoms in total. The number of methoxy groups -OCH3 is 1. The summed E-state index contributed by atoms with van der Waals surface area (Å²) < 4.78 is 17.0. The van der Waals surface area contributed by atoms with E-state index in [0.717, 1.165) is 35.6 Å². The van der Waals surface area contributed by atoms with Gasteiger partial charge in [0, 0.05) is 18.6 Å². The number of ether oxygens (including phenoxy) is 1. The van der Waals surface area contributed by atoms with Gasteiger partial charge < -0.3 is 14.0 Å². The van der Waals surface area contributed by atoms with Crippen LogP contribution in [-0.2, 0) is 9.31 Å². The second kappa shape index (κ2) is 4.94. The minimum atomic E-state index is -0.249. The molecule has 0 N–H and O–H groups in total. The maximum atomic E-state index is 5.80. The average molecular weight is 248 g/mol. The van der Waals surface area contributed by atoms with Crippen molar-refractivity contribution in [3.05, 3.63) is 23.3 Å². The van der Waals surface area contributed by atoms with Gasteiger partial charge in [0.2, 0.25) is 0 Å². The Morgan fingerprint density at radius 3 is 2.06 bits per heavy atom. The Bertz CT molecular complexity index is 410. The lowest BCUT2D eigenvalue weighted by Gasteiger charge is -2.33. The fourth-order valence-electron chi connectivity index (χ4n) is 2.33. The first-order valence-corrected chi connectivity index (χ1v) is 6.31. The molecule has 0 atom stereocenters. The lowest BCUT2D eigenvalue weighted by atomic mass is 9.74. The van der Waals surface area contributed by atoms with Gasteiger partial charge in [-0.1, -0.05) is 26.0 Å². The lowest BCUT2D eigenvalue weighted by molar-refractivity contribution is 0.0343. The molecule has 1 aliphatic rings. The molecule has 1 aromatic rings. The minimum Gasteiger partial charge on any atom is -0.496 e. The molecule has 0 amide bonds. The Morgan fingerprint density at radius 2 is 1.61 bits per heavy atom. The monoisotopic (exact) mass is 248 g/mol. The molecule has 1 fully saturated rings. The van der Waals surface area contributed by atoms with Crippen molar-refractivity contribution < 1.29 is 14.0 Å². The molecule has 0 bridgehead atoms. The third-order valence-electron chi connectivity index (χ3n) is 3.21. The van der Waals surface area contributed by atoms with E-state index in [1.54, 1.807) is 7.11 Å². The molecule has 0 aliphatic carbocycles. The Hall–Kier alpha value is -0.995. The SMILES string of the molecule is COc1c(C)cc(B2OCC(C)(C)CO2)cc1C. The molecular formula is C14H21BO3. The van der Waals surface area contributed by atoms with Crippen LogP contribution in [0.4, 0.5) is 0 Å². The van der Waals surface area contributed by atoms with Gasteiger partial charge in [0.05, 0.1) is 7.11 Å². The quantitative estimate of drug-likeness (QED) is 0.750. The van der Waals surface area contributed by atoms with Crippen LogP contribution < -0.4 is 10.2 Å². The van der Waals surface area contributed by atoms with Crippen molar-refractivity contribution in [1.82, 2.24) is 0 Å². The van der Waals surface area contributed by atoms with Crippen LogP contribution in [0.3, 0.4) is 0 Å². The summed E-state index contributed by atoms with van der Waals surface area (Å²) in [5, 5.41) is 0. The summed E-state index contributed by atoms with van der Waals surface area (Å²) in [5.41, 5.74) is 3.41. The second-order valence-corrected chi connectivity index (χ2v) is 5.81. The van der Waals surface area contributed by atoms with E-state index in [-0.39, 0.29) is 12.5 Å². The molecule has 0 radical (unpaired) electrons. The van der Waals surface area contributed by atoms with Crippen LogP contribution in [0.15, 0.2) is 12.1 Å². The molecule has 1 heterocycles. The topological polar surface area (TPSA) is 27.7 Å². The summed E-state index contributed by atoms with van der Waals surface area (Å²) in [6, 6.07) is 4.16. The average Bonchev–Trinajstić information content (AvgIpc) is 2.28. The van der Waals surface area contributed by atoms with E-state index in [2.05, 4.69) is 26.0 Å². The molecule has 0 spiro atoms.